The predicted molar refractivity (Wildman–Crippen MR) is 117 cm³/mol. The van der Waals surface area contributed by atoms with E-state index < -0.39 is 5.91 Å². The standard InChI is InChI=1S/C20H22ClN7O/c21-16-18(23)27-17(22)15(26-16)19(29)28-20(24)25-11-4-3-7-13-9-5-8-12-6-1-2-10-14(12)13/h1-2,5-6,8-10H,3-4,7,11H2,(H4,22,23,27)(H3,24,25,28,29). The molecular formula is C20H22ClN7O. The van der Waals surface area contributed by atoms with Gasteiger partial charge in [-0.3, -0.25) is 15.1 Å². The molecule has 0 aliphatic heterocycles. The lowest BCUT2D eigenvalue weighted by Gasteiger charge is -2.08. The molecule has 1 aromatic heterocycles. The maximum absolute atomic E-state index is 12.2. The van der Waals surface area contributed by atoms with E-state index in [1.54, 1.807) is 0 Å². The molecule has 0 saturated carbocycles. The number of nitrogens with zero attached hydrogens (tertiary/aromatic N) is 3. The molecule has 0 fully saturated rings. The van der Waals surface area contributed by atoms with Crippen molar-refractivity contribution < 1.29 is 4.79 Å². The van der Waals surface area contributed by atoms with Gasteiger partial charge in [-0.25, -0.2) is 9.97 Å². The molecule has 0 atom stereocenters. The highest BCUT2D eigenvalue weighted by Gasteiger charge is 2.16. The molecule has 0 aliphatic rings. The fourth-order valence-corrected chi connectivity index (χ4v) is 3.09. The number of nitrogen functional groups attached to an aromatic ring is 2. The zero-order valence-electron chi connectivity index (χ0n) is 15.7. The number of aromatic nitrogens is 2. The van der Waals surface area contributed by atoms with E-state index in [2.05, 4.69) is 50.6 Å². The second-order valence-electron chi connectivity index (χ2n) is 6.45. The summed E-state index contributed by atoms with van der Waals surface area (Å²) in [5.74, 6) is -0.843. The number of hydrogen-bond acceptors (Lipinski definition) is 6. The van der Waals surface area contributed by atoms with Crippen molar-refractivity contribution in [3.8, 4) is 0 Å². The second-order valence-corrected chi connectivity index (χ2v) is 6.81. The Morgan fingerprint density at radius 1 is 1.03 bits per heavy atom. The van der Waals surface area contributed by atoms with E-state index in [1.807, 2.05) is 12.1 Å². The van der Waals surface area contributed by atoms with E-state index in [-0.39, 0.29) is 28.4 Å². The molecule has 1 heterocycles. The molecule has 2 aromatic carbocycles. The van der Waals surface area contributed by atoms with Crippen LogP contribution in [0.3, 0.4) is 0 Å². The van der Waals surface area contributed by atoms with Crippen molar-refractivity contribution >= 4 is 45.9 Å². The lowest BCUT2D eigenvalue weighted by molar-refractivity contribution is 0.0972. The largest absolute Gasteiger partial charge is 0.382 e. The van der Waals surface area contributed by atoms with Crippen LogP contribution in [0, 0.1) is 0 Å². The van der Waals surface area contributed by atoms with Gasteiger partial charge < -0.3 is 17.2 Å². The molecule has 150 valence electrons. The third-order valence-corrected chi connectivity index (χ3v) is 4.66. The molecule has 0 spiro atoms. The first-order valence-electron chi connectivity index (χ1n) is 9.12. The van der Waals surface area contributed by atoms with E-state index in [0.717, 1.165) is 19.3 Å². The van der Waals surface area contributed by atoms with Crippen LogP contribution in [0.1, 0.15) is 28.9 Å². The molecule has 3 rings (SSSR count). The maximum Gasteiger partial charge on any atom is 0.280 e. The van der Waals surface area contributed by atoms with Crippen LogP contribution < -0.4 is 22.5 Å². The van der Waals surface area contributed by atoms with Crippen molar-refractivity contribution in [3.63, 3.8) is 0 Å². The summed E-state index contributed by atoms with van der Waals surface area (Å²) in [6.45, 7) is 0.487. The van der Waals surface area contributed by atoms with Crippen LogP contribution in [-0.4, -0.2) is 28.4 Å². The number of aliphatic imine (C=N–C) groups is 1. The van der Waals surface area contributed by atoms with Crippen LogP contribution in [0.5, 0.6) is 0 Å². The van der Waals surface area contributed by atoms with Crippen molar-refractivity contribution in [2.24, 2.45) is 10.7 Å². The summed E-state index contributed by atoms with van der Waals surface area (Å²) >= 11 is 5.78. The zero-order valence-corrected chi connectivity index (χ0v) is 16.5. The highest BCUT2D eigenvalue weighted by Crippen LogP contribution is 2.20. The van der Waals surface area contributed by atoms with E-state index >= 15 is 0 Å². The number of carbonyl (C=O) groups excluding carboxylic acids is 1. The SMILES string of the molecule is NC(=NCCCCc1cccc2ccccc12)NC(=O)c1nc(Cl)c(N)nc1N. The van der Waals surface area contributed by atoms with Gasteiger partial charge in [0.2, 0.25) is 0 Å². The normalized spacial score (nSPS) is 11.6. The third-order valence-electron chi connectivity index (χ3n) is 4.38. The second kappa shape index (κ2) is 9.20. The molecule has 3 aromatic rings. The van der Waals surface area contributed by atoms with Crippen LogP contribution in [0.15, 0.2) is 47.5 Å². The third kappa shape index (κ3) is 5.11. The number of rotatable bonds is 6. The number of anilines is 2. The number of unbranched alkanes of at least 4 members (excludes halogenated alkanes) is 1. The van der Waals surface area contributed by atoms with Gasteiger partial charge in [0.15, 0.2) is 28.4 Å². The molecule has 29 heavy (non-hydrogen) atoms. The monoisotopic (exact) mass is 411 g/mol. The van der Waals surface area contributed by atoms with E-state index in [4.69, 9.17) is 28.8 Å². The minimum atomic E-state index is -0.645. The summed E-state index contributed by atoms with van der Waals surface area (Å²) in [6.07, 6.45) is 2.72. The van der Waals surface area contributed by atoms with Gasteiger partial charge in [0.25, 0.3) is 5.91 Å². The minimum absolute atomic E-state index is 0.0192. The Hall–Kier alpha value is -3.39. The zero-order chi connectivity index (χ0) is 20.8. The molecule has 1 amide bonds. The molecule has 0 bridgehead atoms. The molecular weight excluding hydrogens is 390 g/mol. The number of fused-ring (bicyclic) bond motifs is 1. The average molecular weight is 412 g/mol. The first kappa shape index (κ1) is 20.3. The molecule has 9 heteroatoms. The molecule has 0 radical (unpaired) electrons. The van der Waals surface area contributed by atoms with Crippen LogP contribution in [0.2, 0.25) is 5.15 Å². The topological polar surface area (TPSA) is 145 Å². The van der Waals surface area contributed by atoms with Crippen molar-refractivity contribution in [2.45, 2.75) is 19.3 Å². The van der Waals surface area contributed by atoms with Crippen molar-refractivity contribution in [1.29, 1.82) is 0 Å². The Labute approximate surface area is 173 Å². The summed E-state index contributed by atoms with van der Waals surface area (Å²) in [5, 5.41) is 4.83. The molecule has 0 aliphatic carbocycles. The Morgan fingerprint density at radius 3 is 2.62 bits per heavy atom. The molecule has 0 saturated heterocycles. The number of aryl methyl sites for hydroxylation is 1. The van der Waals surface area contributed by atoms with Gasteiger partial charge in [-0.05, 0) is 35.6 Å². The fraction of sp³-hybridized carbons (Fsp3) is 0.200. The number of benzene rings is 2. The van der Waals surface area contributed by atoms with Gasteiger partial charge >= 0.3 is 0 Å². The van der Waals surface area contributed by atoms with Gasteiger partial charge in [-0.2, -0.15) is 0 Å². The van der Waals surface area contributed by atoms with Crippen molar-refractivity contribution in [3.05, 3.63) is 58.9 Å². The summed E-state index contributed by atoms with van der Waals surface area (Å²) in [4.78, 5) is 23.9. The van der Waals surface area contributed by atoms with Gasteiger partial charge in [-0.1, -0.05) is 54.1 Å². The van der Waals surface area contributed by atoms with Crippen LogP contribution >= 0.6 is 11.6 Å². The summed E-state index contributed by atoms with van der Waals surface area (Å²) < 4.78 is 0. The number of amides is 1. The van der Waals surface area contributed by atoms with E-state index in [1.165, 1.54) is 16.3 Å². The van der Waals surface area contributed by atoms with Gasteiger partial charge in [-0.15, -0.1) is 0 Å². The van der Waals surface area contributed by atoms with E-state index in [0.29, 0.717) is 6.54 Å². The summed E-state index contributed by atoms with van der Waals surface area (Å²) in [5.41, 5.74) is 18.1. The number of halogens is 1. The Morgan fingerprint density at radius 2 is 1.79 bits per heavy atom. The number of nitrogens with one attached hydrogen (secondary N) is 1. The van der Waals surface area contributed by atoms with Gasteiger partial charge in [0.1, 0.15) is 0 Å². The number of nitrogens with two attached hydrogens (primary N) is 3. The Balaban J connectivity index is 1.50. The highest BCUT2D eigenvalue weighted by atomic mass is 35.5. The van der Waals surface area contributed by atoms with Crippen molar-refractivity contribution in [1.82, 2.24) is 15.3 Å². The smallest absolute Gasteiger partial charge is 0.280 e. The Kier molecular flexibility index (Phi) is 6.46. The highest BCUT2D eigenvalue weighted by molar-refractivity contribution is 6.31. The number of hydrogen-bond donors (Lipinski definition) is 4. The lowest BCUT2D eigenvalue weighted by atomic mass is 10.0. The molecule has 8 nitrogen and oxygen atoms in total. The number of guanidine groups is 1. The van der Waals surface area contributed by atoms with Gasteiger partial charge in [0.05, 0.1) is 0 Å². The fourth-order valence-electron chi connectivity index (χ4n) is 2.96. The van der Waals surface area contributed by atoms with E-state index in [9.17, 15) is 4.79 Å². The average Bonchev–Trinajstić information content (AvgIpc) is 2.70. The van der Waals surface area contributed by atoms with Crippen LogP contribution in [0.25, 0.3) is 10.8 Å². The quantitative estimate of drug-likeness (QED) is 0.278. The lowest BCUT2D eigenvalue weighted by Crippen LogP contribution is -2.38. The van der Waals surface area contributed by atoms with Crippen LogP contribution in [0.4, 0.5) is 11.6 Å². The van der Waals surface area contributed by atoms with Gasteiger partial charge in [0, 0.05) is 6.54 Å². The molecule has 7 N–H and O–H groups in total. The Bertz CT molecular complexity index is 1060. The first-order valence-corrected chi connectivity index (χ1v) is 9.50. The van der Waals surface area contributed by atoms with Crippen molar-refractivity contribution in [2.75, 3.05) is 18.0 Å². The predicted octanol–water partition coefficient (Wildman–Crippen LogP) is 2.51. The maximum atomic E-state index is 12.2. The van der Waals surface area contributed by atoms with Crippen LogP contribution in [-0.2, 0) is 6.42 Å². The summed E-state index contributed by atoms with van der Waals surface area (Å²) in [6, 6.07) is 14.6. The number of carbonyl (C=O) groups is 1. The first-order chi connectivity index (χ1) is 14.0. The molecule has 0 unspecified atom stereocenters. The minimum Gasteiger partial charge on any atom is -0.382 e. The summed E-state index contributed by atoms with van der Waals surface area (Å²) in [7, 11) is 0.